The van der Waals surface area contributed by atoms with Crippen LogP contribution in [-0.2, 0) is 20.9 Å². The molecule has 0 aromatic carbocycles. The third kappa shape index (κ3) is 14.6. The van der Waals surface area contributed by atoms with Crippen molar-refractivity contribution in [3.8, 4) is 0 Å². The summed E-state index contributed by atoms with van der Waals surface area (Å²) in [6.45, 7) is 14.4. The van der Waals surface area contributed by atoms with Gasteiger partial charge in [0, 0.05) is 0 Å². The molecule has 0 aliphatic carbocycles. The van der Waals surface area contributed by atoms with E-state index in [9.17, 15) is 4.89 Å². The lowest BCUT2D eigenvalue weighted by Crippen LogP contribution is -2.21. The molecule has 112 valence electrons. The minimum Gasteiger partial charge on any atom is -0.324 e. The van der Waals surface area contributed by atoms with Crippen LogP contribution < -0.4 is 0 Å². The van der Waals surface area contributed by atoms with Gasteiger partial charge in [-0.25, -0.2) is 0 Å². The first-order chi connectivity index (χ1) is 8.18. The van der Waals surface area contributed by atoms with Gasteiger partial charge in [-0.1, -0.05) is 20.8 Å². The molecule has 6 heteroatoms. The largest absolute Gasteiger partial charge is 0.325 e. The third-order valence-corrected chi connectivity index (χ3v) is 3.92. The molecular formula is C12H30NO3PS. The molecule has 4 nitrogen and oxygen atoms in total. The summed E-state index contributed by atoms with van der Waals surface area (Å²) < 4.78 is 10.0. The van der Waals surface area contributed by atoms with E-state index >= 15 is 0 Å². The van der Waals surface area contributed by atoms with Gasteiger partial charge in [0.2, 0.25) is 0 Å². The number of rotatable bonds is 7. The Balaban J connectivity index is 0. The van der Waals surface area contributed by atoms with Crippen molar-refractivity contribution in [2.75, 3.05) is 19.6 Å². The maximum atomic E-state index is 9.34. The fraction of sp³-hybridized carbons (Fsp3) is 1.00. The molecule has 1 N–H and O–H groups in total. The van der Waals surface area contributed by atoms with Crippen LogP contribution in [0.3, 0.4) is 0 Å². The molecule has 0 rings (SSSR count). The first-order valence-corrected chi connectivity index (χ1v) is 9.19. The number of nitrogens with zero attached hydrogens (tertiary/aromatic N) is 1. The highest BCUT2D eigenvalue weighted by Gasteiger charge is 2.18. The van der Waals surface area contributed by atoms with E-state index in [4.69, 9.17) is 20.9 Å². The molecule has 0 fully saturated rings. The van der Waals surface area contributed by atoms with Gasteiger partial charge >= 0.3 is 6.72 Å². The fourth-order valence-electron chi connectivity index (χ4n) is 1.23. The topological polar surface area (TPSA) is 41.9 Å². The fourth-order valence-corrected chi connectivity index (χ4v) is 3.38. The maximum Gasteiger partial charge on any atom is 0.325 e. The summed E-state index contributed by atoms with van der Waals surface area (Å²) in [5, 5.41) is 0. The van der Waals surface area contributed by atoms with Crippen molar-refractivity contribution in [3.05, 3.63) is 0 Å². The molecular weight excluding hydrogens is 269 g/mol. The Labute approximate surface area is 118 Å². The second-order valence-electron chi connectivity index (χ2n) is 4.40. The zero-order valence-electron chi connectivity index (χ0n) is 12.8. The van der Waals surface area contributed by atoms with Crippen molar-refractivity contribution in [1.82, 2.24) is 4.90 Å². The van der Waals surface area contributed by atoms with E-state index in [-0.39, 0.29) is 12.2 Å². The smallest absolute Gasteiger partial charge is 0.324 e. The minimum atomic E-state index is -2.97. The normalized spacial score (nSPS) is 11.9. The van der Waals surface area contributed by atoms with Crippen LogP contribution in [0.4, 0.5) is 0 Å². The summed E-state index contributed by atoms with van der Waals surface area (Å²) in [4.78, 5) is 11.7. The number of hydrogen-bond acceptors (Lipinski definition) is 4. The van der Waals surface area contributed by atoms with Gasteiger partial charge < -0.3 is 18.8 Å². The van der Waals surface area contributed by atoms with Crippen LogP contribution in [0.2, 0.25) is 0 Å². The van der Waals surface area contributed by atoms with Gasteiger partial charge in [0.05, 0.1) is 12.2 Å². The van der Waals surface area contributed by atoms with Crippen LogP contribution in [0, 0.1) is 0 Å². The van der Waals surface area contributed by atoms with Crippen LogP contribution in [-0.4, -0.2) is 41.6 Å². The van der Waals surface area contributed by atoms with Gasteiger partial charge in [0.15, 0.2) is 0 Å². The van der Waals surface area contributed by atoms with Crippen LogP contribution in [0.15, 0.2) is 0 Å². The molecule has 0 radical (unpaired) electrons. The summed E-state index contributed by atoms with van der Waals surface area (Å²) >= 11 is 4.72. The molecule has 0 saturated carbocycles. The predicted octanol–water partition coefficient (Wildman–Crippen LogP) is 3.40. The van der Waals surface area contributed by atoms with Crippen molar-refractivity contribution in [3.63, 3.8) is 0 Å². The average molecular weight is 299 g/mol. The Hall–Kier alpha value is 0.490. The quantitative estimate of drug-likeness (QED) is 0.730. The van der Waals surface area contributed by atoms with E-state index in [0.717, 1.165) is 0 Å². The summed E-state index contributed by atoms with van der Waals surface area (Å²) in [5.41, 5.74) is 0. The molecule has 0 heterocycles. The van der Waals surface area contributed by atoms with Gasteiger partial charge in [-0.15, -0.1) is 0 Å². The highest BCUT2D eigenvalue weighted by Crippen LogP contribution is 2.45. The molecule has 0 bridgehead atoms. The van der Waals surface area contributed by atoms with Crippen molar-refractivity contribution in [2.24, 2.45) is 0 Å². The van der Waals surface area contributed by atoms with Crippen molar-refractivity contribution in [2.45, 2.75) is 60.7 Å². The van der Waals surface area contributed by atoms with Crippen molar-refractivity contribution >= 4 is 18.5 Å². The van der Waals surface area contributed by atoms with E-state index in [2.05, 4.69) is 25.7 Å². The molecule has 0 aliphatic heterocycles. The summed E-state index contributed by atoms with van der Waals surface area (Å²) in [6, 6.07) is 0. The third-order valence-electron chi connectivity index (χ3n) is 2.03. The van der Waals surface area contributed by atoms with E-state index in [0.29, 0.717) is 0 Å². The van der Waals surface area contributed by atoms with E-state index < -0.39 is 6.72 Å². The first kappa shape index (κ1) is 20.8. The SMILES string of the molecule is CC(C)OP(O)(=S)OC(C)C.CCN(CC)CC. The van der Waals surface area contributed by atoms with E-state index in [1.807, 2.05) is 0 Å². The van der Waals surface area contributed by atoms with Gasteiger partial charge in [-0.2, -0.15) is 0 Å². The lowest BCUT2D eigenvalue weighted by Gasteiger charge is -2.19. The molecule has 0 atom stereocenters. The van der Waals surface area contributed by atoms with Crippen LogP contribution >= 0.6 is 6.72 Å². The van der Waals surface area contributed by atoms with Gasteiger partial charge in [0.1, 0.15) is 0 Å². The molecule has 0 aromatic heterocycles. The van der Waals surface area contributed by atoms with Crippen LogP contribution in [0.5, 0.6) is 0 Å². The minimum absolute atomic E-state index is 0.0930. The standard InChI is InChI=1S/C6H15N.C6H15O3PS/c1-4-7(5-2)6-3;1-5(2)8-10(7,11)9-6(3)4/h4-6H2,1-3H3;5-6H,1-4H3,(H,7,11). The van der Waals surface area contributed by atoms with Crippen LogP contribution in [0.1, 0.15) is 48.5 Å². The summed E-state index contributed by atoms with van der Waals surface area (Å²) in [5.74, 6) is 0. The zero-order valence-corrected chi connectivity index (χ0v) is 14.6. The van der Waals surface area contributed by atoms with Gasteiger partial charge in [-0.05, 0) is 59.1 Å². The second kappa shape index (κ2) is 11.3. The molecule has 0 aromatic rings. The molecule has 0 unspecified atom stereocenters. The molecule has 0 saturated heterocycles. The van der Waals surface area contributed by atoms with Crippen molar-refractivity contribution in [1.29, 1.82) is 0 Å². The highest BCUT2D eigenvalue weighted by molar-refractivity contribution is 8.07. The average Bonchev–Trinajstić information content (AvgIpc) is 2.16. The molecule has 18 heavy (non-hydrogen) atoms. The molecule has 0 spiro atoms. The Kier molecular flexibility index (Phi) is 13.1. The second-order valence-corrected chi connectivity index (χ2v) is 7.14. The molecule has 0 amide bonds. The Morgan fingerprint density at radius 1 is 0.944 bits per heavy atom. The zero-order chi connectivity index (χ0) is 14.8. The van der Waals surface area contributed by atoms with Gasteiger partial charge in [-0.3, -0.25) is 0 Å². The van der Waals surface area contributed by atoms with E-state index in [1.165, 1.54) is 19.6 Å². The predicted molar refractivity (Wildman–Crippen MR) is 82.4 cm³/mol. The first-order valence-electron chi connectivity index (χ1n) is 6.60. The summed E-state index contributed by atoms with van der Waals surface area (Å²) in [6.07, 6.45) is -0.186. The maximum absolute atomic E-state index is 9.34. The monoisotopic (exact) mass is 299 g/mol. The summed E-state index contributed by atoms with van der Waals surface area (Å²) in [7, 11) is 0. The van der Waals surface area contributed by atoms with Crippen LogP contribution in [0.25, 0.3) is 0 Å². The number of hydrogen-bond donors (Lipinski definition) is 1. The highest BCUT2D eigenvalue weighted by atomic mass is 32.5. The van der Waals surface area contributed by atoms with E-state index in [1.54, 1.807) is 27.7 Å². The Morgan fingerprint density at radius 3 is 1.33 bits per heavy atom. The Bertz CT molecular complexity index is 214. The lowest BCUT2D eigenvalue weighted by molar-refractivity contribution is 0.136. The van der Waals surface area contributed by atoms with Gasteiger partial charge in [0.25, 0.3) is 0 Å². The molecule has 0 aliphatic rings. The van der Waals surface area contributed by atoms with Crippen molar-refractivity contribution < 1.29 is 13.9 Å². The Morgan fingerprint density at radius 2 is 1.22 bits per heavy atom. The lowest BCUT2D eigenvalue weighted by atomic mass is 10.5.